The molecule has 0 saturated heterocycles. The van der Waals surface area contributed by atoms with Gasteiger partial charge in [-0.15, -0.1) is 0 Å². The van der Waals surface area contributed by atoms with Crippen molar-refractivity contribution in [3.63, 3.8) is 0 Å². The quantitative estimate of drug-likeness (QED) is 0.183. The van der Waals surface area contributed by atoms with E-state index in [0.29, 0.717) is 19.6 Å². The van der Waals surface area contributed by atoms with E-state index in [1.54, 1.807) is 13.0 Å². The Morgan fingerprint density at radius 1 is 0.679 bits per heavy atom. The molecular formula is C22H38O6. The van der Waals surface area contributed by atoms with E-state index < -0.39 is 5.97 Å². The van der Waals surface area contributed by atoms with E-state index in [2.05, 4.69) is 0 Å². The van der Waals surface area contributed by atoms with Gasteiger partial charge in [0.05, 0.1) is 13.2 Å². The molecule has 0 radical (unpaired) electrons. The summed E-state index contributed by atoms with van der Waals surface area (Å²) >= 11 is 0. The molecule has 0 aliphatic rings. The number of carboxylic acid groups (broad SMARTS) is 1. The number of carbonyl (C=O) groups is 3. The van der Waals surface area contributed by atoms with E-state index in [9.17, 15) is 14.4 Å². The van der Waals surface area contributed by atoms with E-state index in [1.807, 2.05) is 0 Å². The maximum atomic E-state index is 11.6. The molecule has 0 aliphatic heterocycles. The van der Waals surface area contributed by atoms with Gasteiger partial charge >= 0.3 is 17.9 Å². The summed E-state index contributed by atoms with van der Waals surface area (Å²) in [5.74, 6) is -1.13. The topological polar surface area (TPSA) is 89.9 Å². The largest absolute Gasteiger partial charge is 0.481 e. The first kappa shape index (κ1) is 26.1. The number of hydrogen-bond acceptors (Lipinski definition) is 5. The second kappa shape index (κ2) is 19.9. The van der Waals surface area contributed by atoms with Crippen molar-refractivity contribution < 1.29 is 29.0 Å². The smallest absolute Gasteiger partial charge is 0.330 e. The summed E-state index contributed by atoms with van der Waals surface area (Å²) in [6.45, 7) is 2.68. The second-order valence-corrected chi connectivity index (χ2v) is 7.02. The highest BCUT2D eigenvalue weighted by atomic mass is 16.5. The fourth-order valence-electron chi connectivity index (χ4n) is 2.78. The van der Waals surface area contributed by atoms with Gasteiger partial charge in [0.15, 0.2) is 0 Å². The molecule has 0 amide bonds. The number of allylic oxidation sites excluding steroid dienone is 1. The van der Waals surface area contributed by atoms with E-state index in [0.717, 1.165) is 77.0 Å². The first-order chi connectivity index (χ1) is 13.6. The lowest BCUT2D eigenvalue weighted by molar-refractivity contribution is -0.144. The summed E-state index contributed by atoms with van der Waals surface area (Å²) in [5.41, 5.74) is 0. The number of esters is 2. The molecule has 6 nitrogen and oxygen atoms in total. The lowest BCUT2D eigenvalue weighted by Crippen LogP contribution is -2.06. The predicted molar refractivity (Wildman–Crippen MR) is 109 cm³/mol. The van der Waals surface area contributed by atoms with E-state index >= 15 is 0 Å². The lowest BCUT2D eigenvalue weighted by Gasteiger charge is -2.05. The molecular weight excluding hydrogens is 360 g/mol. The number of rotatable bonds is 19. The number of aliphatic carboxylic acids is 1. The highest BCUT2D eigenvalue weighted by Gasteiger charge is 2.03. The van der Waals surface area contributed by atoms with Gasteiger partial charge in [-0.3, -0.25) is 9.59 Å². The van der Waals surface area contributed by atoms with E-state index in [4.69, 9.17) is 14.6 Å². The van der Waals surface area contributed by atoms with Crippen molar-refractivity contribution in [1.29, 1.82) is 0 Å². The zero-order valence-corrected chi connectivity index (χ0v) is 17.5. The second-order valence-electron chi connectivity index (χ2n) is 7.02. The van der Waals surface area contributed by atoms with Crippen LogP contribution in [-0.2, 0) is 23.9 Å². The van der Waals surface area contributed by atoms with Crippen LogP contribution in [0.15, 0.2) is 12.2 Å². The number of unbranched alkanes of at least 4 members (excludes halogenated alkanes) is 10. The Morgan fingerprint density at radius 2 is 1.14 bits per heavy atom. The Balaban J connectivity index is 3.25. The molecule has 0 aromatic heterocycles. The number of hydrogen-bond donors (Lipinski definition) is 1. The van der Waals surface area contributed by atoms with Gasteiger partial charge in [-0.05, 0) is 45.4 Å². The van der Waals surface area contributed by atoms with Crippen molar-refractivity contribution in [2.24, 2.45) is 0 Å². The molecule has 162 valence electrons. The van der Waals surface area contributed by atoms with Crippen LogP contribution in [0.3, 0.4) is 0 Å². The summed E-state index contributed by atoms with van der Waals surface area (Å²) in [6.07, 6.45) is 15.6. The molecule has 0 fully saturated rings. The molecule has 0 aromatic carbocycles. The Morgan fingerprint density at radius 3 is 1.68 bits per heavy atom. The van der Waals surface area contributed by atoms with Crippen molar-refractivity contribution in [3.05, 3.63) is 12.2 Å². The standard InChI is InChI=1S/C22H38O6/c1-2-15-21(25)27-18-13-9-10-14-19-28-22(26)17-12-8-6-4-3-5-7-11-16-20(23)24/h2,15H,3-14,16-19H2,1H3,(H,23,24). The average molecular weight is 399 g/mol. The summed E-state index contributed by atoms with van der Waals surface area (Å²) in [6, 6.07) is 0. The van der Waals surface area contributed by atoms with Gasteiger partial charge in [-0.2, -0.15) is 0 Å². The molecule has 0 spiro atoms. The summed E-state index contributed by atoms with van der Waals surface area (Å²) < 4.78 is 10.2. The summed E-state index contributed by atoms with van der Waals surface area (Å²) in [4.78, 5) is 33.1. The van der Waals surface area contributed by atoms with Gasteiger partial charge in [0.25, 0.3) is 0 Å². The Kier molecular flexibility index (Phi) is 18.6. The SMILES string of the molecule is CC=CC(=O)OCCCCCCOC(=O)CCCCCCCCCCC(=O)O. The molecule has 0 heterocycles. The Labute approximate surface area is 169 Å². The summed E-state index contributed by atoms with van der Waals surface area (Å²) in [7, 11) is 0. The van der Waals surface area contributed by atoms with Gasteiger partial charge in [-0.1, -0.05) is 44.6 Å². The highest BCUT2D eigenvalue weighted by Crippen LogP contribution is 2.11. The zero-order valence-electron chi connectivity index (χ0n) is 17.5. The van der Waals surface area contributed by atoms with Crippen LogP contribution in [0.5, 0.6) is 0 Å². The van der Waals surface area contributed by atoms with Gasteiger partial charge < -0.3 is 14.6 Å². The van der Waals surface area contributed by atoms with Crippen LogP contribution in [0.4, 0.5) is 0 Å². The van der Waals surface area contributed by atoms with Gasteiger partial charge in [0, 0.05) is 18.9 Å². The third kappa shape index (κ3) is 20.5. The van der Waals surface area contributed by atoms with Crippen molar-refractivity contribution in [2.75, 3.05) is 13.2 Å². The van der Waals surface area contributed by atoms with Crippen LogP contribution >= 0.6 is 0 Å². The maximum absolute atomic E-state index is 11.6. The van der Waals surface area contributed by atoms with Crippen LogP contribution in [-0.4, -0.2) is 36.2 Å². The van der Waals surface area contributed by atoms with Crippen LogP contribution in [0.1, 0.15) is 96.8 Å². The zero-order chi connectivity index (χ0) is 20.9. The molecule has 1 N–H and O–H groups in total. The van der Waals surface area contributed by atoms with E-state index in [1.165, 1.54) is 6.08 Å². The van der Waals surface area contributed by atoms with Gasteiger partial charge in [-0.25, -0.2) is 4.79 Å². The molecule has 0 aromatic rings. The first-order valence-corrected chi connectivity index (χ1v) is 10.7. The van der Waals surface area contributed by atoms with E-state index in [-0.39, 0.29) is 18.4 Å². The average Bonchev–Trinajstić information content (AvgIpc) is 2.65. The van der Waals surface area contributed by atoms with Gasteiger partial charge in [0.1, 0.15) is 0 Å². The Bertz CT molecular complexity index is 444. The van der Waals surface area contributed by atoms with Crippen LogP contribution in [0.2, 0.25) is 0 Å². The molecule has 6 heteroatoms. The molecule has 0 aliphatic carbocycles. The third-order valence-corrected chi connectivity index (χ3v) is 4.37. The monoisotopic (exact) mass is 398 g/mol. The predicted octanol–water partition coefficient (Wildman–Crippen LogP) is 5.19. The van der Waals surface area contributed by atoms with Crippen LogP contribution < -0.4 is 0 Å². The highest BCUT2D eigenvalue weighted by molar-refractivity contribution is 5.81. The minimum Gasteiger partial charge on any atom is -0.481 e. The molecule has 0 atom stereocenters. The minimum absolute atomic E-state index is 0.117. The molecule has 0 bridgehead atoms. The molecule has 28 heavy (non-hydrogen) atoms. The fourth-order valence-corrected chi connectivity index (χ4v) is 2.78. The van der Waals surface area contributed by atoms with Crippen molar-refractivity contribution >= 4 is 17.9 Å². The summed E-state index contributed by atoms with van der Waals surface area (Å²) in [5, 5.41) is 8.55. The van der Waals surface area contributed by atoms with Crippen LogP contribution in [0, 0.1) is 0 Å². The minimum atomic E-state index is -0.713. The molecule has 0 saturated carbocycles. The molecule has 0 unspecified atom stereocenters. The van der Waals surface area contributed by atoms with Crippen molar-refractivity contribution in [2.45, 2.75) is 96.8 Å². The number of carboxylic acids is 1. The number of ether oxygens (including phenoxy) is 2. The number of carbonyl (C=O) groups excluding carboxylic acids is 2. The van der Waals surface area contributed by atoms with Crippen molar-refractivity contribution in [3.8, 4) is 0 Å². The van der Waals surface area contributed by atoms with Crippen LogP contribution in [0.25, 0.3) is 0 Å². The fraction of sp³-hybridized carbons (Fsp3) is 0.773. The maximum Gasteiger partial charge on any atom is 0.330 e. The van der Waals surface area contributed by atoms with Gasteiger partial charge in [0.2, 0.25) is 0 Å². The lowest BCUT2D eigenvalue weighted by atomic mass is 10.1. The normalized spacial score (nSPS) is 10.9. The third-order valence-electron chi connectivity index (χ3n) is 4.37. The Hall–Kier alpha value is -1.85. The molecule has 0 rings (SSSR count). The first-order valence-electron chi connectivity index (χ1n) is 10.7. The van der Waals surface area contributed by atoms with Crippen molar-refractivity contribution in [1.82, 2.24) is 0 Å².